The number of methoxy groups -OCH3 is 1. The number of hydrogen-bond donors (Lipinski definition) is 1. The number of amides is 1. The van der Waals surface area contributed by atoms with E-state index in [4.69, 9.17) is 9.47 Å². The van der Waals surface area contributed by atoms with Crippen LogP contribution in [0.5, 0.6) is 11.5 Å². The van der Waals surface area contributed by atoms with E-state index in [2.05, 4.69) is 33.9 Å². The molecule has 0 spiro atoms. The van der Waals surface area contributed by atoms with Crippen LogP contribution in [0.3, 0.4) is 0 Å². The number of aryl methyl sites for hydroxylation is 1. The van der Waals surface area contributed by atoms with E-state index in [1.807, 2.05) is 43.3 Å². The lowest BCUT2D eigenvalue weighted by molar-refractivity contribution is -0.112. The van der Waals surface area contributed by atoms with Crippen LogP contribution in [0.25, 0.3) is 6.08 Å². The van der Waals surface area contributed by atoms with Crippen molar-refractivity contribution in [3.63, 3.8) is 0 Å². The Kier molecular flexibility index (Phi) is 8.66. The fourth-order valence-corrected chi connectivity index (χ4v) is 3.83. The highest BCUT2D eigenvalue weighted by Crippen LogP contribution is 2.35. The van der Waals surface area contributed by atoms with Crippen LogP contribution in [0.2, 0.25) is 0 Å². The van der Waals surface area contributed by atoms with Crippen molar-refractivity contribution in [2.75, 3.05) is 12.4 Å². The molecule has 0 saturated heterocycles. The van der Waals surface area contributed by atoms with E-state index in [0.717, 1.165) is 21.2 Å². The van der Waals surface area contributed by atoms with Gasteiger partial charge in [-0.2, -0.15) is 5.26 Å². The van der Waals surface area contributed by atoms with Gasteiger partial charge in [-0.15, -0.1) is 6.58 Å². The average Bonchev–Trinajstić information content (AvgIpc) is 2.81. The predicted molar refractivity (Wildman–Crippen MR) is 139 cm³/mol. The van der Waals surface area contributed by atoms with Gasteiger partial charge in [-0.1, -0.05) is 57.9 Å². The molecule has 0 atom stereocenters. The van der Waals surface area contributed by atoms with Gasteiger partial charge in [-0.3, -0.25) is 4.79 Å². The van der Waals surface area contributed by atoms with Crippen molar-refractivity contribution in [2.24, 2.45) is 0 Å². The lowest BCUT2D eigenvalue weighted by atomic mass is 10.0. The maximum absolute atomic E-state index is 12.7. The second-order valence-corrected chi connectivity index (χ2v) is 8.53. The monoisotopic (exact) mass is 516 g/mol. The number of carbonyl (C=O) groups excluding carboxylic acids is 1. The van der Waals surface area contributed by atoms with Crippen LogP contribution in [-0.2, 0) is 17.8 Å². The van der Waals surface area contributed by atoms with Crippen LogP contribution in [0.15, 0.2) is 83.4 Å². The Bertz CT molecular complexity index is 1270. The molecule has 0 unspecified atom stereocenters. The molecule has 172 valence electrons. The summed E-state index contributed by atoms with van der Waals surface area (Å²) < 4.78 is 12.6. The highest BCUT2D eigenvalue weighted by atomic mass is 79.9. The van der Waals surface area contributed by atoms with Crippen LogP contribution in [0.1, 0.15) is 22.3 Å². The molecule has 0 aromatic heterocycles. The van der Waals surface area contributed by atoms with Crippen molar-refractivity contribution in [2.45, 2.75) is 20.0 Å². The molecule has 0 fully saturated rings. The van der Waals surface area contributed by atoms with Crippen LogP contribution < -0.4 is 14.8 Å². The summed E-state index contributed by atoms with van der Waals surface area (Å²) in [6.45, 7) is 6.26. The highest BCUT2D eigenvalue weighted by Gasteiger charge is 2.15. The van der Waals surface area contributed by atoms with Gasteiger partial charge in [0.05, 0.1) is 7.11 Å². The van der Waals surface area contributed by atoms with Crippen molar-refractivity contribution >= 4 is 33.6 Å². The van der Waals surface area contributed by atoms with Crippen LogP contribution in [-0.4, -0.2) is 13.0 Å². The molecule has 0 radical (unpaired) electrons. The Morgan fingerprint density at radius 1 is 1.18 bits per heavy atom. The standard InChI is InChI=1S/C28H25BrN2O3/c1-4-7-22-13-21(14-23(17-30)28(32)31-25-11-6-10-24(29)16-25)15-26(33-3)27(22)34-18-20-9-5-8-19(2)12-20/h4-6,8-16H,1,7,18H2,2-3H3,(H,31,32)/b23-14-. The molecule has 0 aliphatic carbocycles. The zero-order valence-corrected chi connectivity index (χ0v) is 20.7. The minimum absolute atomic E-state index is 0.0278. The summed E-state index contributed by atoms with van der Waals surface area (Å²) in [5, 5.41) is 12.4. The molecule has 3 aromatic rings. The number of allylic oxidation sites excluding steroid dienone is 1. The summed E-state index contributed by atoms with van der Waals surface area (Å²) in [5.74, 6) is 0.630. The van der Waals surface area contributed by atoms with Crippen LogP contribution in [0.4, 0.5) is 5.69 Å². The third-order valence-corrected chi connectivity index (χ3v) is 5.46. The van der Waals surface area contributed by atoms with Crippen LogP contribution in [0, 0.1) is 18.3 Å². The maximum Gasteiger partial charge on any atom is 0.266 e. The molecule has 1 N–H and O–H groups in total. The topological polar surface area (TPSA) is 71.4 Å². The fraction of sp³-hybridized carbons (Fsp3) is 0.143. The largest absolute Gasteiger partial charge is 0.493 e. The second kappa shape index (κ2) is 11.9. The number of ether oxygens (including phenoxy) is 2. The third-order valence-electron chi connectivity index (χ3n) is 4.96. The van der Waals surface area contributed by atoms with Gasteiger partial charge in [0.25, 0.3) is 5.91 Å². The van der Waals surface area contributed by atoms with Crippen molar-refractivity contribution < 1.29 is 14.3 Å². The number of carbonyl (C=O) groups is 1. The van der Waals surface area contributed by atoms with Crippen molar-refractivity contribution in [1.82, 2.24) is 0 Å². The lowest BCUT2D eigenvalue weighted by Crippen LogP contribution is -2.13. The van der Waals surface area contributed by atoms with Gasteiger partial charge < -0.3 is 14.8 Å². The first-order chi connectivity index (χ1) is 16.4. The number of anilines is 1. The summed E-state index contributed by atoms with van der Waals surface area (Å²) in [6.07, 6.45) is 3.84. The predicted octanol–water partition coefficient (Wildman–Crippen LogP) is 6.62. The first-order valence-corrected chi connectivity index (χ1v) is 11.4. The molecular formula is C28H25BrN2O3. The maximum atomic E-state index is 12.7. The minimum atomic E-state index is -0.496. The smallest absolute Gasteiger partial charge is 0.266 e. The van der Waals surface area contributed by atoms with E-state index in [0.29, 0.717) is 35.8 Å². The summed E-state index contributed by atoms with van der Waals surface area (Å²) in [7, 11) is 1.56. The number of benzene rings is 3. The molecule has 5 nitrogen and oxygen atoms in total. The minimum Gasteiger partial charge on any atom is -0.493 e. The molecule has 0 aliphatic heterocycles. The first kappa shape index (κ1) is 24.8. The highest BCUT2D eigenvalue weighted by molar-refractivity contribution is 9.10. The van der Waals surface area contributed by atoms with E-state index >= 15 is 0 Å². The Hall–Kier alpha value is -3.82. The number of rotatable bonds is 9. The molecule has 3 aromatic carbocycles. The Morgan fingerprint density at radius 2 is 1.97 bits per heavy atom. The Balaban J connectivity index is 1.90. The van der Waals surface area contributed by atoms with Crippen LogP contribution >= 0.6 is 15.9 Å². The molecule has 1 amide bonds. The van der Waals surface area contributed by atoms with E-state index in [-0.39, 0.29) is 5.57 Å². The molecule has 6 heteroatoms. The second-order valence-electron chi connectivity index (χ2n) is 7.62. The zero-order valence-electron chi connectivity index (χ0n) is 19.1. The Labute approximate surface area is 208 Å². The molecule has 3 rings (SSSR count). The molecule has 0 bridgehead atoms. The summed E-state index contributed by atoms with van der Waals surface area (Å²) >= 11 is 3.37. The van der Waals surface area contributed by atoms with Gasteiger partial charge in [-0.25, -0.2) is 0 Å². The van der Waals surface area contributed by atoms with Crippen molar-refractivity contribution in [3.05, 3.63) is 106 Å². The van der Waals surface area contributed by atoms with E-state index < -0.39 is 5.91 Å². The quantitative estimate of drug-likeness (QED) is 0.197. The zero-order chi connectivity index (χ0) is 24.5. The number of hydrogen-bond acceptors (Lipinski definition) is 4. The molecule has 0 saturated carbocycles. The number of nitriles is 1. The number of nitrogens with zero attached hydrogens (tertiary/aromatic N) is 1. The van der Waals surface area contributed by atoms with E-state index in [1.54, 1.807) is 37.5 Å². The molecule has 34 heavy (non-hydrogen) atoms. The lowest BCUT2D eigenvalue weighted by Gasteiger charge is -2.16. The average molecular weight is 517 g/mol. The molecular weight excluding hydrogens is 492 g/mol. The number of halogens is 1. The fourth-order valence-electron chi connectivity index (χ4n) is 3.43. The van der Waals surface area contributed by atoms with Crippen molar-refractivity contribution in [1.29, 1.82) is 5.26 Å². The first-order valence-electron chi connectivity index (χ1n) is 10.6. The van der Waals surface area contributed by atoms with Gasteiger partial charge in [-0.05, 0) is 60.9 Å². The molecule has 0 heterocycles. The summed E-state index contributed by atoms with van der Waals surface area (Å²) in [5.41, 5.74) is 4.26. The van der Waals surface area contributed by atoms with Gasteiger partial charge in [0.1, 0.15) is 18.2 Å². The van der Waals surface area contributed by atoms with Crippen molar-refractivity contribution in [3.8, 4) is 17.6 Å². The summed E-state index contributed by atoms with van der Waals surface area (Å²) in [6, 6.07) is 20.9. The normalized spacial score (nSPS) is 10.8. The Morgan fingerprint density at radius 3 is 2.65 bits per heavy atom. The number of nitrogens with one attached hydrogen (secondary N) is 1. The van der Waals surface area contributed by atoms with E-state index in [1.165, 1.54) is 6.08 Å². The SMILES string of the molecule is C=CCc1cc(/C=C(/C#N)C(=O)Nc2cccc(Br)c2)cc(OC)c1OCc1cccc(C)c1. The van der Waals surface area contributed by atoms with Gasteiger partial charge in [0, 0.05) is 15.7 Å². The van der Waals surface area contributed by atoms with Gasteiger partial charge in [0.15, 0.2) is 11.5 Å². The third kappa shape index (κ3) is 6.60. The summed E-state index contributed by atoms with van der Waals surface area (Å²) in [4.78, 5) is 12.7. The van der Waals surface area contributed by atoms with Gasteiger partial charge in [0.2, 0.25) is 0 Å². The van der Waals surface area contributed by atoms with E-state index in [9.17, 15) is 10.1 Å². The van der Waals surface area contributed by atoms with Gasteiger partial charge >= 0.3 is 0 Å². The molecule has 0 aliphatic rings.